The predicted molar refractivity (Wildman–Crippen MR) is 93.2 cm³/mol. The second-order valence-corrected chi connectivity index (χ2v) is 6.24. The summed E-state index contributed by atoms with van der Waals surface area (Å²) in [5, 5.41) is 4.24. The molecule has 3 rings (SSSR count). The van der Waals surface area contributed by atoms with Gasteiger partial charge in [-0.25, -0.2) is 18.3 Å². The van der Waals surface area contributed by atoms with Crippen LogP contribution in [0.25, 0.3) is 11.1 Å². The molecule has 0 atom stereocenters. The number of aryl methyl sites for hydroxylation is 2. The average Bonchev–Trinajstić information content (AvgIpc) is 2.85. The largest absolute Gasteiger partial charge is 0.346 e. The van der Waals surface area contributed by atoms with E-state index < -0.39 is 17.9 Å². The fourth-order valence-electron chi connectivity index (χ4n) is 2.69. The van der Waals surface area contributed by atoms with Crippen LogP contribution in [0, 0.1) is 6.92 Å². The standard InChI is InChI=1S/C18H16ClF2N3O/c1-11-6-7-13(12-4-3-5-15(19)9-12)8-14(11)10-24-17(16(20)21)22-23(2)18(24)25/h3-9,16H,10H2,1-2H3. The van der Waals surface area contributed by atoms with E-state index in [-0.39, 0.29) is 6.54 Å². The normalized spacial score (nSPS) is 11.3. The first-order chi connectivity index (χ1) is 11.9. The highest BCUT2D eigenvalue weighted by molar-refractivity contribution is 6.30. The van der Waals surface area contributed by atoms with Crippen molar-refractivity contribution < 1.29 is 8.78 Å². The molecule has 3 aromatic rings. The molecular formula is C18H16ClF2N3O. The Balaban J connectivity index is 2.05. The van der Waals surface area contributed by atoms with Crippen molar-refractivity contribution in [2.45, 2.75) is 19.9 Å². The van der Waals surface area contributed by atoms with Gasteiger partial charge in [-0.05, 0) is 47.4 Å². The Morgan fingerprint density at radius 3 is 2.56 bits per heavy atom. The molecule has 0 amide bonds. The van der Waals surface area contributed by atoms with Gasteiger partial charge in [-0.2, -0.15) is 0 Å². The number of nitrogens with zero attached hydrogens (tertiary/aromatic N) is 3. The number of halogens is 3. The first-order valence-electron chi connectivity index (χ1n) is 7.64. The summed E-state index contributed by atoms with van der Waals surface area (Å²) in [7, 11) is 1.36. The highest BCUT2D eigenvalue weighted by atomic mass is 35.5. The van der Waals surface area contributed by atoms with Crippen LogP contribution in [0.4, 0.5) is 8.78 Å². The number of hydrogen-bond acceptors (Lipinski definition) is 2. The van der Waals surface area contributed by atoms with Crippen molar-refractivity contribution in [3.63, 3.8) is 0 Å². The molecule has 1 heterocycles. The van der Waals surface area contributed by atoms with Gasteiger partial charge in [0, 0.05) is 12.1 Å². The van der Waals surface area contributed by atoms with Crippen molar-refractivity contribution in [2.24, 2.45) is 7.05 Å². The van der Waals surface area contributed by atoms with Crippen LogP contribution in [0.5, 0.6) is 0 Å². The van der Waals surface area contributed by atoms with Crippen molar-refractivity contribution in [2.75, 3.05) is 0 Å². The molecule has 130 valence electrons. The van der Waals surface area contributed by atoms with E-state index in [0.717, 1.165) is 31.5 Å². The summed E-state index contributed by atoms with van der Waals surface area (Å²) in [6.45, 7) is 1.91. The van der Waals surface area contributed by atoms with Gasteiger partial charge in [-0.1, -0.05) is 35.9 Å². The van der Waals surface area contributed by atoms with E-state index in [1.165, 1.54) is 7.05 Å². The topological polar surface area (TPSA) is 39.8 Å². The Morgan fingerprint density at radius 2 is 1.88 bits per heavy atom. The monoisotopic (exact) mass is 363 g/mol. The molecule has 7 heteroatoms. The lowest BCUT2D eigenvalue weighted by Crippen LogP contribution is -2.24. The summed E-state index contributed by atoms with van der Waals surface area (Å²) < 4.78 is 28.3. The second-order valence-electron chi connectivity index (χ2n) is 5.80. The van der Waals surface area contributed by atoms with Crippen molar-refractivity contribution >= 4 is 11.6 Å². The van der Waals surface area contributed by atoms with E-state index in [2.05, 4.69) is 5.10 Å². The molecule has 0 aliphatic rings. The third-order valence-corrected chi connectivity index (χ3v) is 4.30. The number of benzene rings is 2. The van der Waals surface area contributed by atoms with Gasteiger partial charge in [0.15, 0.2) is 0 Å². The third-order valence-electron chi connectivity index (χ3n) is 4.07. The van der Waals surface area contributed by atoms with Crippen LogP contribution in [0.15, 0.2) is 47.3 Å². The average molecular weight is 364 g/mol. The molecule has 0 bridgehead atoms. The molecule has 25 heavy (non-hydrogen) atoms. The first-order valence-corrected chi connectivity index (χ1v) is 8.02. The summed E-state index contributed by atoms with van der Waals surface area (Å²) in [5.41, 5.74) is 2.93. The van der Waals surface area contributed by atoms with Crippen LogP contribution in [0.3, 0.4) is 0 Å². The minimum atomic E-state index is -2.81. The lowest BCUT2D eigenvalue weighted by atomic mass is 9.99. The molecule has 0 spiro atoms. The highest BCUT2D eigenvalue weighted by Gasteiger charge is 2.20. The summed E-state index contributed by atoms with van der Waals surface area (Å²) in [4.78, 5) is 12.1. The van der Waals surface area contributed by atoms with E-state index in [4.69, 9.17) is 11.6 Å². The van der Waals surface area contributed by atoms with Gasteiger partial charge in [0.05, 0.1) is 6.54 Å². The van der Waals surface area contributed by atoms with Crippen LogP contribution < -0.4 is 5.69 Å². The molecule has 1 aromatic heterocycles. The van der Waals surface area contributed by atoms with Crippen LogP contribution in [0.2, 0.25) is 5.02 Å². The molecule has 0 saturated heterocycles. The number of hydrogen-bond donors (Lipinski definition) is 0. The molecule has 4 nitrogen and oxygen atoms in total. The molecular weight excluding hydrogens is 348 g/mol. The zero-order valence-electron chi connectivity index (χ0n) is 13.7. The SMILES string of the molecule is Cc1ccc(-c2cccc(Cl)c2)cc1Cn1c(C(F)F)nn(C)c1=O. The van der Waals surface area contributed by atoms with Crippen LogP contribution in [-0.2, 0) is 13.6 Å². The third kappa shape index (κ3) is 3.49. The molecule has 0 aliphatic heterocycles. The van der Waals surface area contributed by atoms with E-state index in [1.807, 2.05) is 43.3 Å². The zero-order valence-corrected chi connectivity index (χ0v) is 14.5. The summed E-state index contributed by atoms with van der Waals surface area (Å²) in [6.07, 6.45) is -2.81. The molecule has 0 aliphatic carbocycles. The van der Waals surface area contributed by atoms with Gasteiger partial charge in [-0.3, -0.25) is 4.57 Å². The summed E-state index contributed by atoms with van der Waals surface area (Å²) in [6, 6.07) is 13.1. The maximum atomic E-state index is 13.2. The van der Waals surface area contributed by atoms with Crippen molar-refractivity contribution in [3.8, 4) is 11.1 Å². The lowest BCUT2D eigenvalue weighted by Gasteiger charge is -2.11. The fraction of sp³-hybridized carbons (Fsp3) is 0.222. The lowest BCUT2D eigenvalue weighted by molar-refractivity contribution is 0.134. The maximum Gasteiger partial charge on any atom is 0.346 e. The predicted octanol–water partition coefficient (Wildman–Crippen LogP) is 4.20. The van der Waals surface area contributed by atoms with Crippen LogP contribution in [-0.4, -0.2) is 14.3 Å². The Kier molecular flexibility index (Phi) is 4.72. The van der Waals surface area contributed by atoms with Gasteiger partial charge in [0.25, 0.3) is 6.43 Å². The molecule has 0 N–H and O–H groups in total. The molecule has 0 saturated carbocycles. The molecule has 0 radical (unpaired) electrons. The first kappa shape index (κ1) is 17.4. The highest BCUT2D eigenvalue weighted by Crippen LogP contribution is 2.26. The van der Waals surface area contributed by atoms with E-state index in [9.17, 15) is 13.6 Å². The van der Waals surface area contributed by atoms with Crippen molar-refractivity contribution in [1.82, 2.24) is 14.3 Å². The van der Waals surface area contributed by atoms with Crippen molar-refractivity contribution in [3.05, 3.63) is 74.9 Å². The molecule has 0 unspecified atom stereocenters. The molecule has 2 aromatic carbocycles. The zero-order chi connectivity index (χ0) is 18.1. The summed E-state index contributed by atoms with van der Waals surface area (Å²) in [5.74, 6) is -0.528. The van der Waals surface area contributed by atoms with E-state index in [0.29, 0.717) is 5.02 Å². The van der Waals surface area contributed by atoms with Crippen LogP contribution >= 0.6 is 11.6 Å². The minimum absolute atomic E-state index is 0.0343. The van der Waals surface area contributed by atoms with E-state index in [1.54, 1.807) is 6.07 Å². The number of alkyl halides is 2. The number of aromatic nitrogens is 3. The smallest absolute Gasteiger partial charge is 0.270 e. The Morgan fingerprint density at radius 1 is 1.16 bits per heavy atom. The second kappa shape index (κ2) is 6.80. The fourth-order valence-corrected chi connectivity index (χ4v) is 2.88. The van der Waals surface area contributed by atoms with Gasteiger partial charge >= 0.3 is 5.69 Å². The van der Waals surface area contributed by atoms with Gasteiger partial charge < -0.3 is 0 Å². The Labute approximate surface area is 148 Å². The maximum absolute atomic E-state index is 13.2. The Bertz CT molecular complexity index is 979. The van der Waals surface area contributed by atoms with Gasteiger partial charge in [0.2, 0.25) is 5.82 Å². The summed E-state index contributed by atoms with van der Waals surface area (Å²) >= 11 is 6.03. The quantitative estimate of drug-likeness (QED) is 0.697. The van der Waals surface area contributed by atoms with Gasteiger partial charge in [0.1, 0.15) is 0 Å². The van der Waals surface area contributed by atoms with Crippen molar-refractivity contribution in [1.29, 1.82) is 0 Å². The Hall–Kier alpha value is -2.47. The van der Waals surface area contributed by atoms with Crippen LogP contribution in [0.1, 0.15) is 23.4 Å². The van der Waals surface area contributed by atoms with Gasteiger partial charge in [-0.15, -0.1) is 5.10 Å². The van der Waals surface area contributed by atoms with E-state index >= 15 is 0 Å². The molecule has 0 fully saturated rings. The number of rotatable bonds is 4. The minimum Gasteiger partial charge on any atom is -0.270 e.